The van der Waals surface area contributed by atoms with E-state index in [4.69, 9.17) is 0 Å². The highest BCUT2D eigenvalue weighted by Gasteiger charge is 2.32. The summed E-state index contributed by atoms with van der Waals surface area (Å²) in [6.07, 6.45) is 0. The van der Waals surface area contributed by atoms with Crippen LogP contribution >= 0.6 is 15.9 Å². The van der Waals surface area contributed by atoms with E-state index in [2.05, 4.69) is 25.7 Å². The lowest BCUT2D eigenvalue weighted by molar-refractivity contribution is -0.384. The van der Waals surface area contributed by atoms with Crippen LogP contribution in [0.25, 0.3) is 16.6 Å². The number of methoxy groups -OCH3 is 1. The molecule has 28 heavy (non-hydrogen) atoms. The van der Waals surface area contributed by atoms with Gasteiger partial charge in [0.15, 0.2) is 5.82 Å². The first-order valence-electron chi connectivity index (χ1n) is 7.95. The van der Waals surface area contributed by atoms with Gasteiger partial charge in [0, 0.05) is 12.1 Å². The average Bonchev–Trinajstić information content (AvgIpc) is 2.98. The third-order valence-corrected chi connectivity index (χ3v) is 5.38. The minimum absolute atomic E-state index is 0.0438. The van der Waals surface area contributed by atoms with Crippen LogP contribution in [0.3, 0.4) is 0 Å². The van der Waals surface area contributed by atoms with Gasteiger partial charge >= 0.3 is 5.97 Å². The van der Waals surface area contributed by atoms with Crippen LogP contribution < -0.4 is 5.56 Å². The molecular formula is C18H10BrN3O6. The van der Waals surface area contributed by atoms with Gasteiger partial charge in [-0.1, -0.05) is 22.0 Å². The maximum absolute atomic E-state index is 13.1. The van der Waals surface area contributed by atoms with Gasteiger partial charge in [-0.05, 0) is 23.8 Å². The van der Waals surface area contributed by atoms with E-state index < -0.39 is 27.1 Å². The molecule has 2 aromatic carbocycles. The number of non-ortho nitro benzene ring substituents is 1. The Morgan fingerprint density at radius 2 is 2.00 bits per heavy atom. The topological polar surface area (TPSA) is 121 Å². The molecule has 0 saturated heterocycles. The first kappa shape index (κ1) is 18.0. The van der Waals surface area contributed by atoms with Crippen LogP contribution in [0.15, 0.2) is 41.2 Å². The third kappa shape index (κ3) is 2.53. The zero-order chi connectivity index (χ0) is 20.2. The van der Waals surface area contributed by atoms with E-state index >= 15 is 0 Å². The Balaban J connectivity index is 1.95. The first-order chi connectivity index (χ1) is 13.3. The molecule has 0 N–H and O–H groups in total. The number of nitro groups is 1. The molecule has 0 spiro atoms. The van der Waals surface area contributed by atoms with Crippen molar-refractivity contribution in [2.75, 3.05) is 7.11 Å². The van der Waals surface area contributed by atoms with E-state index in [0.29, 0.717) is 5.56 Å². The molecule has 1 aromatic heterocycles. The summed E-state index contributed by atoms with van der Waals surface area (Å²) in [7, 11) is 1.25. The van der Waals surface area contributed by atoms with Gasteiger partial charge < -0.3 is 4.74 Å². The standard InChI is InChI=1S/C18H10BrN3O6/c1-28-18(25)14(19)8-2-4-12-10(6-8)17(24)21-13-5-3-9(22(26)27)7-11(13)15(23)16(21)20-12/h2-7,14H,1H3. The normalized spacial score (nSPS) is 13.1. The summed E-state index contributed by atoms with van der Waals surface area (Å²) in [6, 6.07) is 8.33. The molecule has 0 fully saturated rings. The highest BCUT2D eigenvalue weighted by atomic mass is 79.9. The molecule has 9 nitrogen and oxygen atoms in total. The summed E-state index contributed by atoms with van der Waals surface area (Å²) in [5.41, 5.74) is 0.292. The number of fused-ring (bicyclic) bond motifs is 4. The maximum atomic E-state index is 13.1. The number of aromatic nitrogens is 2. The van der Waals surface area contributed by atoms with E-state index in [9.17, 15) is 24.5 Å². The Morgan fingerprint density at radius 3 is 2.68 bits per heavy atom. The zero-order valence-corrected chi connectivity index (χ0v) is 15.8. The minimum Gasteiger partial charge on any atom is -0.468 e. The number of nitrogens with zero attached hydrogens (tertiary/aromatic N) is 3. The van der Waals surface area contributed by atoms with Crippen molar-refractivity contribution >= 4 is 44.3 Å². The van der Waals surface area contributed by atoms with E-state index in [1.54, 1.807) is 6.07 Å². The average molecular weight is 444 g/mol. The number of ether oxygens (including phenoxy) is 1. The monoisotopic (exact) mass is 443 g/mol. The number of alkyl halides is 1. The molecule has 3 aromatic rings. The van der Waals surface area contributed by atoms with Gasteiger partial charge in [-0.2, -0.15) is 0 Å². The molecule has 4 rings (SSSR count). The second-order valence-electron chi connectivity index (χ2n) is 6.03. The van der Waals surface area contributed by atoms with Gasteiger partial charge in [0.05, 0.1) is 34.2 Å². The van der Waals surface area contributed by atoms with Crippen LogP contribution in [0.5, 0.6) is 0 Å². The second kappa shape index (κ2) is 6.34. The lowest BCUT2D eigenvalue weighted by atomic mass is 10.1. The van der Waals surface area contributed by atoms with Crippen LogP contribution in [0.1, 0.15) is 26.6 Å². The Hall–Kier alpha value is -3.40. The highest BCUT2D eigenvalue weighted by Crippen LogP contribution is 2.31. The van der Waals surface area contributed by atoms with Crippen LogP contribution in [0.4, 0.5) is 5.69 Å². The number of rotatable bonds is 3. The molecule has 0 radical (unpaired) electrons. The number of carbonyl (C=O) groups is 2. The van der Waals surface area contributed by atoms with Crippen LogP contribution in [-0.4, -0.2) is 33.3 Å². The summed E-state index contributed by atoms with van der Waals surface area (Å²) >= 11 is 3.22. The number of halogens is 1. The van der Waals surface area contributed by atoms with Gasteiger partial charge in [0.25, 0.3) is 11.2 Å². The van der Waals surface area contributed by atoms with Crippen molar-refractivity contribution in [3.05, 3.63) is 73.8 Å². The van der Waals surface area contributed by atoms with Crippen molar-refractivity contribution < 1.29 is 19.2 Å². The quantitative estimate of drug-likeness (QED) is 0.206. The lowest BCUT2D eigenvalue weighted by Gasteiger charge is -2.10. The molecule has 1 unspecified atom stereocenters. The molecule has 2 heterocycles. The molecule has 1 atom stereocenters. The van der Waals surface area contributed by atoms with Crippen molar-refractivity contribution in [1.29, 1.82) is 0 Å². The second-order valence-corrected chi connectivity index (χ2v) is 6.94. The van der Waals surface area contributed by atoms with Crippen LogP contribution in [-0.2, 0) is 9.53 Å². The molecule has 1 aliphatic rings. The van der Waals surface area contributed by atoms with Gasteiger partial charge in [0.2, 0.25) is 5.78 Å². The smallest absolute Gasteiger partial charge is 0.323 e. The predicted octanol–water partition coefficient (Wildman–Crippen LogP) is 2.45. The predicted molar refractivity (Wildman–Crippen MR) is 101 cm³/mol. The Bertz CT molecular complexity index is 1270. The van der Waals surface area contributed by atoms with Crippen LogP contribution in [0, 0.1) is 10.1 Å². The van der Waals surface area contributed by atoms with Crippen LogP contribution in [0.2, 0.25) is 0 Å². The Labute approximate surface area is 164 Å². The van der Waals surface area contributed by atoms with Crippen molar-refractivity contribution in [3.8, 4) is 5.69 Å². The summed E-state index contributed by atoms with van der Waals surface area (Å²) in [4.78, 5) is 51.3. The summed E-state index contributed by atoms with van der Waals surface area (Å²) in [6.45, 7) is 0. The third-order valence-electron chi connectivity index (χ3n) is 4.47. The number of hydrogen-bond acceptors (Lipinski definition) is 7. The van der Waals surface area contributed by atoms with Gasteiger partial charge in [-0.15, -0.1) is 0 Å². The van der Waals surface area contributed by atoms with E-state index in [1.165, 1.54) is 31.4 Å². The lowest BCUT2D eigenvalue weighted by Crippen LogP contribution is -2.22. The minimum atomic E-state index is -0.767. The van der Waals surface area contributed by atoms with Gasteiger partial charge in [-0.25, -0.2) is 4.98 Å². The van der Waals surface area contributed by atoms with E-state index in [-0.39, 0.29) is 33.7 Å². The largest absolute Gasteiger partial charge is 0.468 e. The fraction of sp³-hybridized carbons (Fsp3) is 0.111. The number of ketones is 1. The molecule has 1 aliphatic heterocycles. The van der Waals surface area contributed by atoms with E-state index in [0.717, 1.165) is 10.6 Å². The molecule has 0 amide bonds. The fourth-order valence-corrected chi connectivity index (χ4v) is 3.58. The van der Waals surface area contributed by atoms with Gasteiger partial charge in [0.1, 0.15) is 4.83 Å². The summed E-state index contributed by atoms with van der Waals surface area (Å²) in [5, 5.41) is 11.2. The van der Waals surface area contributed by atoms with Crippen molar-refractivity contribution in [1.82, 2.24) is 9.55 Å². The number of benzene rings is 2. The number of hydrogen-bond donors (Lipinski definition) is 0. The fourth-order valence-electron chi connectivity index (χ4n) is 3.11. The first-order valence-corrected chi connectivity index (χ1v) is 8.87. The maximum Gasteiger partial charge on any atom is 0.323 e. The summed E-state index contributed by atoms with van der Waals surface area (Å²) < 4.78 is 5.82. The molecule has 140 valence electrons. The summed E-state index contributed by atoms with van der Waals surface area (Å²) in [5.74, 6) is -1.19. The van der Waals surface area contributed by atoms with Crippen molar-refractivity contribution in [3.63, 3.8) is 0 Å². The number of esters is 1. The van der Waals surface area contributed by atoms with Gasteiger partial charge in [-0.3, -0.25) is 29.1 Å². The highest BCUT2D eigenvalue weighted by molar-refractivity contribution is 9.09. The Kier molecular flexibility index (Phi) is 4.07. The number of carbonyl (C=O) groups excluding carboxylic acids is 2. The molecular weight excluding hydrogens is 434 g/mol. The zero-order valence-electron chi connectivity index (χ0n) is 14.2. The van der Waals surface area contributed by atoms with E-state index in [1.807, 2.05) is 0 Å². The van der Waals surface area contributed by atoms with Crippen molar-refractivity contribution in [2.45, 2.75) is 4.83 Å². The molecule has 0 saturated carbocycles. The molecule has 0 bridgehead atoms. The van der Waals surface area contributed by atoms with Crippen molar-refractivity contribution in [2.24, 2.45) is 0 Å². The molecule has 10 heteroatoms. The SMILES string of the molecule is COC(=O)C(Br)c1ccc2nc3n(c(=O)c2c1)-c1ccc([N+](=O)[O-])cc1C3=O. The number of nitro benzene ring substituents is 1. The Morgan fingerprint density at radius 1 is 1.25 bits per heavy atom. The molecule has 0 aliphatic carbocycles.